The van der Waals surface area contributed by atoms with Gasteiger partial charge in [-0.1, -0.05) is 28.9 Å². The van der Waals surface area contributed by atoms with Crippen LogP contribution in [0.5, 0.6) is 0 Å². The number of rotatable bonds is 2. The Morgan fingerprint density at radius 1 is 1.44 bits per heavy atom. The molecule has 2 aromatic rings. The zero-order chi connectivity index (χ0) is 11.5. The average Bonchev–Trinajstić information content (AvgIpc) is 2.68. The van der Waals surface area contributed by atoms with Crippen LogP contribution in [0.4, 0.5) is 5.69 Å². The third-order valence-electron chi connectivity index (χ3n) is 2.12. The maximum atomic E-state index is 11.8. The third kappa shape index (κ3) is 2.06. The van der Waals surface area contributed by atoms with Gasteiger partial charge in [0, 0.05) is 0 Å². The first-order valence-electron chi connectivity index (χ1n) is 4.65. The quantitative estimate of drug-likeness (QED) is 0.872. The molecule has 0 bridgehead atoms. The van der Waals surface area contributed by atoms with Gasteiger partial charge in [0.15, 0.2) is 0 Å². The highest BCUT2D eigenvalue weighted by Gasteiger charge is 2.13. The summed E-state index contributed by atoms with van der Waals surface area (Å²) in [4.78, 5) is 11.8. The number of aromatic nitrogens is 1. The molecule has 0 aliphatic heterocycles. The van der Waals surface area contributed by atoms with Crippen molar-refractivity contribution < 1.29 is 9.32 Å². The minimum absolute atomic E-state index is 0.285. The van der Waals surface area contributed by atoms with Gasteiger partial charge in [0.2, 0.25) is 0 Å². The number of hydrogen-bond donors (Lipinski definition) is 1. The summed E-state index contributed by atoms with van der Waals surface area (Å²) >= 11 is 5.92. The van der Waals surface area contributed by atoms with Gasteiger partial charge in [0.25, 0.3) is 5.91 Å². The first-order chi connectivity index (χ1) is 7.68. The molecule has 0 aliphatic carbocycles. The predicted molar refractivity (Wildman–Crippen MR) is 60.6 cm³/mol. The first kappa shape index (κ1) is 10.7. The van der Waals surface area contributed by atoms with Gasteiger partial charge in [-0.25, -0.2) is 0 Å². The van der Waals surface area contributed by atoms with E-state index in [2.05, 4.69) is 10.5 Å². The Balaban J connectivity index is 2.21. The zero-order valence-electron chi connectivity index (χ0n) is 8.53. The average molecular weight is 237 g/mol. The van der Waals surface area contributed by atoms with Crippen molar-refractivity contribution >= 4 is 23.2 Å². The number of halogens is 1. The van der Waals surface area contributed by atoms with E-state index in [1.54, 1.807) is 31.2 Å². The standard InChI is InChI=1S/C11H9ClN2O2/c1-7-8(6-13-16-7)11(15)14-10-5-3-2-4-9(10)12/h2-6H,1H3,(H,14,15). The Bertz CT molecular complexity index is 522. The Hall–Kier alpha value is -1.81. The molecule has 4 nitrogen and oxygen atoms in total. The molecule has 1 heterocycles. The molecule has 1 aromatic heterocycles. The van der Waals surface area contributed by atoms with Crippen molar-refractivity contribution in [3.05, 3.63) is 46.8 Å². The molecule has 0 aliphatic rings. The van der Waals surface area contributed by atoms with Gasteiger partial charge in [0.1, 0.15) is 11.3 Å². The van der Waals surface area contributed by atoms with Crippen LogP contribution in [0.1, 0.15) is 16.1 Å². The van der Waals surface area contributed by atoms with E-state index in [0.29, 0.717) is 22.0 Å². The number of carbonyl (C=O) groups is 1. The Morgan fingerprint density at radius 2 is 2.19 bits per heavy atom. The van der Waals surface area contributed by atoms with Crippen LogP contribution in [0.2, 0.25) is 5.02 Å². The van der Waals surface area contributed by atoms with Crippen molar-refractivity contribution in [1.29, 1.82) is 0 Å². The van der Waals surface area contributed by atoms with E-state index in [1.807, 2.05) is 0 Å². The van der Waals surface area contributed by atoms with E-state index in [-0.39, 0.29) is 5.91 Å². The highest BCUT2D eigenvalue weighted by atomic mass is 35.5. The van der Waals surface area contributed by atoms with E-state index in [4.69, 9.17) is 16.1 Å². The number of hydrogen-bond acceptors (Lipinski definition) is 3. The van der Waals surface area contributed by atoms with Gasteiger partial charge in [-0.15, -0.1) is 0 Å². The smallest absolute Gasteiger partial charge is 0.260 e. The van der Waals surface area contributed by atoms with E-state index in [0.717, 1.165) is 0 Å². The van der Waals surface area contributed by atoms with E-state index < -0.39 is 0 Å². The van der Waals surface area contributed by atoms with Gasteiger partial charge in [-0.05, 0) is 19.1 Å². The fourth-order valence-electron chi connectivity index (χ4n) is 1.27. The van der Waals surface area contributed by atoms with Crippen molar-refractivity contribution in [2.75, 3.05) is 5.32 Å². The molecule has 0 fully saturated rings. The second-order valence-electron chi connectivity index (χ2n) is 3.23. The molecule has 1 amide bonds. The maximum absolute atomic E-state index is 11.8. The molecular formula is C11H9ClN2O2. The molecule has 5 heteroatoms. The van der Waals surface area contributed by atoms with Crippen LogP contribution in [0.25, 0.3) is 0 Å². The lowest BCUT2D eigenvalue weighted by Crippen LogP contribution is -2.12. The molecule has 0 unspecified atom stereocenters. The minimum Gasteiger partial charge on any atom is -0.361 e. The summed E-state index contributed by atoms with van der Waals surface area (Å²) in [6.07, 6.45) is 1.38. The van der Waals surface area contributed by atoms with Crippen molar-refractivity contribution in [1.82, 2.24) is 5.16 Å². The van der Waals surface area contributed by atoms with Crippen LogP contribution in [-0.4, -0.2) is 11.1 Å². The lowest BCUT2D eigenvalue weighted by molar-refractivity contribution is 0.102. The summed E-state index contributed by atoms with van der Waals surface area (Å²) in [7, 11) is 0. The fraction of sp³-hybridized carbons (Fsp3) is 0.0909. The second-order valence-corrected chi connectivity index (χ2v) is 3.64. The first-order valence-corrected chi connectivity index (χ1v) is 5.03. The molecule has 2 rings (SSSR count). The van der Waals surface area contributed by atoms with Crippen LogP contribution < -0.4 is 5.32 Å². The Kier molecular flexibility index (Phi) is 2.92. The molecule has 0 saturated heterocycles. The highest BCUT2D eigenvalue weighted by Crippen LogP contribution is 2.21. The lowest BCUT2D eigenvalue weighted by atomic mass is 10.2. The number of benzene rings is 1. The van der Waals surface area contributed by atoms with Crippen molar-refractivity contribution in [3.8, 4) is 0 Å². The largest absolute Gasteiger partial charge is 0.361 e. The number of nitrogens with zero attached hydrogens (tertiary/aromatic N) is 1. The van der Waals surface area contributed by atoms with Crippen molar-refractivity contribution in [2.24, 2.45) is 0 Å². The molecule has 0 radical (unpaired) electrons. The molecule has 82 valence electrons. The number of nitrogens with one attached hydrogen (secondary N) is 1. The monoisotopic (exact) mass is 236 g/mol. The van der Waals surface area contributed by atoms with Gasteiger partial charge in [0.05, 0.1) is 16.9 Å². The van der Waals surface area contributed by atoms with Crippen LogP contribution >= 0.6 is 11.6 Å². The predicted octanol–water partition coefficient (Wildman–Crippen LogP) is 2.89. The van der Waals surface area contributed by atoms with Crippen LogP contribution in [0.15, 0.2) is 35.0 Å². The molecule has 0 spiro atoms. The highest BCUT2D eigenvalue weighted by molar-refractivity contribution is 6.33. The number of amides is 1. The van der Waals surface area contributed by atoms with E-state index >= 15 is 0 Å². The Morgan fingerprint density at radius 3 is 2.81 bits per heavy atom. The van der Waals surface area contributed by atoms with Crippen molar-refractivity contribution in [2.45, 2.75) is 6.92 Å². The van der Waals surface area contributed by atoms with E-state index in [1.165, 1.54) is 6.20 Å². The normalized spacial score (nSPS) is 10.1. The van der Waals surface area contributed by atoms with Gasteiger partial charge in [-0.2, -0.15) is 0 Å². The number of carbonyl (C=O) groups excluding carboxylic acids is 1. The van der Waals surface area contributed by atoms with Crippen LogP contribution in [-0.2, 0) is 0 Å². The molecule has 0 saturated carbocycles. The number of aryl methyl sites for hydroxylation is 1. The van der Waals surface area contributed by atoms with E-state index in [9.17, 15) is 4.79 Å². The summed E-state index contributed by atoms with van der Waals surface area (Å²) in [5, 5.41) is 6.71. The summed E-state index contributed by atoms with van der Waals surface area (Å²) in [6, 6.07) is 7.02. The Labute approximate surface area is 97.2 Å². The SMILES string of the molecule is Cc1oncc1C(=O)Nc1ccccc1Cl. The summed E-state index contributed by atoms with van der Waals surface area (Å²) < 4.78 is 4.81. The lowest BCUT2D eigenvalue weighted by Gasteiger charge is -2.05. The van der Waals surface area contributed by atoms with Gasteiger partial charge < -0.3 is 9.84 Å². The maximum Gasteiger partial charge on any atom is 0.260 e. The number of para-hydroxylation sites is 1. The third-order valence-corrected chi connectivity index (χ3v) is 2.45. The molecule has 0 atom stereocenters. The molecular weight excluding hydrogens is 228 g/mol. The molecule has 16 heavy (non-hydrogen) atoms. The molecule has 1 aromatic carbocycles. The second kappa shape index (κ2) is 4.37. The zero-order valence-corrected chi connectivity index (χ0v) is 9.28. The minimum atomic E-state index is -0.285. The van der Waals surface area contributed by atoms with Gasteiger partial charge >= 0.3 is 0 Å². The van der Waals surface area contributed by atoms with Crippen LogP contribution in [0.3, 0.4) is 0 Å². The summed E-state index contributed by atoms with van der Waals surface area (Å²) in [5.41, 5.74) is 0.967. The molecule has 1 N–H and O–H groups in total. The number of anilines is 1. The summed E-state index contributed by atoms with van der Waals surface area (Å²) in [5.74, 6) is 0.191. The topological polar surface area (TPSA) is 55.1 Å². The summed E-state index contributed by atoms with van der Waals surface area (Å²) in [6.45, 7) is 1.68. The van der Waals surface area contributed by atoms with Gasteiger partial charge in [-0.3, -0.25) is 4.79 Å². The van der Waals surface area contributed by atoms with Crippen molar-refractivity contribution in [3.63, 3.8) is 0 Å². The van der Waals surface area contributed by atoms with Crippen LogP contribution in [0, 0.1) is 6.92 Å². The fourth-order valence-corrected chi connectivity index (χ4v) is 1.45.